The second kappa shape index (κ2) is 11.7. The number of aliphatic carboxylic acids is 1. The van der Waals surface area contributed by atoms with Crippen LogP contribution in [0.1, 0.15) is 43.2 Å². The van der Waals surface area contributed by atoms with Crippen LogP contribution in [0.4, 0.5) is 4.79 Å². The summed E-state index contributed by atoms with van der Waals surface area (Å²) in [5, 5.41) is 14.4. The van der Waals surface area contributed by atoms with E-state index in [1.165, 1.54) is 0 Å². The molecule has 2 aromatic carbocycles. The predicted molar refractivity (Wildman–Crippen MR) is 129 cm³/mol. The van der Waals surface area contributed by atoms with E-state index in [0.29, 0.717) is 18.6 Å². The lowest BCUT2D eigenvalue weighted by atomic mass is 9.98. The Morgan fingerprint density at radius 2 is 1.64 bits per heavy atom. The number of alkyl carbamates (subject to hydrolysis) is 1. The highest BCUT2D eigenvalue weighted by atomic mass is 32.2. The molecule has 0 saturated carbocycles. The molecule has 1 aliphatic rings. The molecular weight excluding hydrogens is 440 g/mol. The SMILES string of the molecule is CC[C@H](CC(=O)O)NC(=O)C(CCSC)NC(=O)OCC1c2ccccc2-c2ccccc21. The number of carbonyl (C=O) groups is 3. The summed E-state index contributed by atoms with van der Waals surface area (Å²) in [4.78, 5) is 36.4. The van der Waals surface area contributed by atoms with Crippen LogP contribution in [-0.2, 0) is 14.3 Å². The van der Waals surface area contributed by atoms with Crippen molar-refractivity contribution >= 4 is 29.7 Å². The Hall–Kier alpha value is -3.00. The molecule has 3 rings (SSSR count). The van der Waals surface area contributed by atoms with E-state index in [1.54, 1.807) is 11.8 Å². The summed E-state index contributed by atoms with van der Waals surface area (Å²) < 4.78 is 5.57. The molecule has 3 N–H and O–H groups in total. The zero-order valence-corrected chi connectivity index (χ0v) is 19.7. The Bertz CT molecular complexity index is 951. The fourth-order valence-corrected chi connectivity index (χ4v) is 4.57. The van der Waals surface area contributed by atoms with Crippen LogP contribution in [0.15, 0.2) is 48.5 Å². The van der Waals surface area contributed by atoms with Gasteiger partial charge in [0, 0.05) is 12.0 Å². The minimum atomic E-state index is -0.979. The molecular formula is C25H30N2O5S. The maximum absolute atomic E-state index is 12.7. The molecule has 8 heteroatoms. The molecule has 0 bridgehead atoms. The monoisotopic (exact) mass is 470 g/mol. The van der Waals surface area contributed by atoms with Gasteiger partial charge < -0.3 is 20.5 Å². The summed E-state index contributed by atoms with van der Waals surface area (Å²) in [7, 11) is 0. The molecule has 0 radical (unpaired) electrons. The van der Waals surface area contributed by atoms with Crippen molar-refractivity contribution in [3.63, 3.8) is 0 Å². The largest absolute Gasteiger partial charge is 0.481 e. The van der Waals surface area contributed by atoms with Gasteiger partial charge in [0.25, 0.3) is 0 Å². The minimum absolute atomic E-state index is 0.0679. The first-order chi connectivity index (χ1) is 15.9. The third kappa shape index (κ3) is 6.28. The Labute approximate surface area is 198 Å². The van der Waals surface area contributed by atoms with Crippen LogP contribution in [0.3, 0.4) is 0 Å². The molecule has 0 saturated heterocycles. The number of amides is 2. The van der Waals surface area contributed by atoms with Gasteiger partial charge >= 0.3 is 12.1 Å². The second-order valence-corrected chi connectivity index (χ2v) is 9.00. The highest BCUT2D eigenvalue weighted by Gasteiger charge is 2.30. The molecule has 0 heterocycles. The van der Waals surface area contributed by atoms with E-state index < -0.39 is 30.1 Å². The Balaban J connectivity index is 1.64. The number of carboxylic acids is 1. The molecule has 0 spiro atoms. The molecule has 33 heavy (non-hydrogen) atoms. The molecule has 1 aliphatic carbocycles. The van der Waals surface area contributed by atoms with E-state index in [2.05, 4.69) is 22.8 Å². The van der Waals surface area contributed by atoms with Crippen LogP contribution in [0.5, 0.6) is 0 Å². The van der Waals surface area contributed by atoms with Crippen molar-refractivity contribution in [2.75, 3.05) is 18.6 Å². The zero-order valence-electron chi connectivity index (χ0n) is 18.9. The van der Waals surface area contributed by atoms with Gasteiger partial charge in [-0.3, -0.25) is 9.59 Å². The van der Waals surface area contributed by atoms with Crippen LogP contribution in [0, 0.1) is 0 Å². The number of nitrogens with one attached hydrogen (secondary N) is 2. The minimum Gasteiger partial charge on any atom is -0.481 e. The maximum Gasteiger partial charge on any atom is 0.407 e. The molecule has 2 amide bonds. The third-order valence-corrected chi connectivity index (χ3v) is 6.47. The van der Waals surface area contributed by atoms with Crippen LogP contribution < -0.4 is 10.6 Å². The summed E-state index contributed by atoms with van der Waals surface area (Å²) in [5.74, 6) is -0.781. The van der Waals surface area contributed by atoms with Crippen LogP contribution in [0.25, 0.3) is 11.1 Å². The predicted octanol–water partition coefficient (Wildman–Crippen LogP) is 4.02. The van der Waals surface area contributed by atoms with Crippen molar-refractivity contribution in [3.05, 3.63) is 59.7 Å². The molecule has 0 aromatic heterocycles. The van der Waals surface area contributed by atoms with Crippen molar-refractivity contribution < 1.29 is 24.2 Å². The molecule has 7 nitrogen and oxygen atoms in total. The van der Waals surface area contributed by atoms with E-state index in [4.69, 9.17) is 9.84 Å². The average Bonchev–Trinajstić information content (AvgIpc) is 3.13. The first-order valence-corrected chi connectivity index (χ1v) is 12.5. The Morgan fingerprint density at radius 1 is 1.03 bits per heavy atom. The quantitative estimate of drug-likeness (QED) is 0.458. The van der Waals surface area contributed by atoms with Gasteiger partial charge in [0.15, 0.2) is 0 Å². The van der Waals surface area contributed by atoms with E-state index in [-0.39, 0.29) is 18.9 Å². The first-order valence-electron chi connectivity index (χ1n) is 11.1. The van der Waals surface area contributed by atoms with Gasteiger partial charge in [-0.1, -0.05) is 55.5 Å². The van der Waals surface area contributed by atoms with Gasteiger partial charge in [0.2, 0.25) is 5.91 Å². The van der Waals surface area contributed by atoms with Gasteiger partial charge in [-0.15, -0.1) is 0 Å². The Morgan fingerprint density at radius 3 is 2.18 bits per heavy atom. The van der Waals surface area contributed by atoms with Crippen molar-refractivity contribution in [1.29, 1.82) is 0 Å². The van der Waals surface area contributed by atoms with Crippen molar-refractivity contribution in [1.82, 2.24) is 10.6 Å². The summed E-state index contributed by atoms with van der Waals surface area (Å²) in [6, 6.07) is 14.9. The van der Waals surface area contributed by atoms with Gasteiger partial charge in [-0.2, -0.15) is 11.8 Å². The lowest BCUT2D eigenvalue weighted by Gasteiger charge is -2.22. The number of thioether (sulfide) groups is 1. The summed E-state index contributed by atoms with van der Waals surface area (Å²) >= 11 is 1.56. The highest BCUT2D eigenvalue weighted by Crippen LogP contribution is 2.44. The molecule has 176 valence electrons. The van der Waals surface area contributed by atoms with Crippen LogP contribution in [0.2, 0.25) is 0 Å². The molecule has 1 unspecified atom stereocenters. The van der Waals surface area contributed by atoms with E-state index >= 15 is 0 Å². The number of benzene rings is 2. The number of rotatable bonds is 11. The smallest absolute Gasteiger partial charge is 0.407 e. The zero-order chi connectivity index (χ0) is 23.8. The van der Waals surface area contributed by atoms with Gasteiger partial charge in [0.1, 0.15) is 12.6 Å². The van der Waals surface area contributed by atoms with Crippen molar-refractivity contribution in [3.8, 4) is 11.1 Å². The number of ether oxygens (including phenoxy) is 1. The first kappa shape index (κ1) is 24.6. The fraction of sp³-hybridized carbons (Fsp3) is 0.400. The number of hydrogen-bond donors (Lipinski definition) is 3. The molecule has 0 aliphatic heterocycles. The van der Waals surface area contributed by atoms with Crippen LogP contribution in [-0.4, -0.2) is 53.8 Å². The number of carboxylic acid groups (broad SMARTS) is 1. The van der Waals surface area contributed by atoms with E-state index in [1.807, 2.05) is 49.6 Å². The van der Waals surface area contributed by atoms with E-state index in [9.17, 15) is 14.4 Å². The van der Waals surface area contributed by atoms with Crippen molar-refractivity contribution in [2.24, 2.45) is 0 Å². The average molecular weight is 471 g/mol. The molecule has 2 atom stereocenters. The van der Waals surface area contributed by atoms with E-state index in [0.717, 1.165) is 22.3 Å². The molecule has 2 aromatic rings. The van der Waals surface area contributed by atoms with Crippen LogP contribution >= 0.6 is 11.8 Å². The third-order valence-electron chi connectivity index (χ3n) is 5.82. The topological polar surface area (TPSA) is 105 Å². The highest BCUT2D eigenvalue weighted by molar-refractivity contribution is 7.98. The summed E-state index contributed by atoms with van der Waals surface area (Å²) in [6.45, 7) is 1.97. The van der Waals surface area contributed by atoms with Gasteiger partial charge in [-0.05, 0) is 47.1 Å². The lowest BCUT2D eigenvalue weighted by Crippen LogP contribution is -2.50. The fourth-order valence-electron chi connectivity index (χ4n) is 4.10. The molecule has 0 fully saturated rings. The van der Waals surface area contributed by atoms with Crippen molar-refractivity contribution in [2.45, 2.75) is 44.2 Å². The van der Waals surface area contributed by atoms with Gasteiger partial charge in [0.05, 0.1) is 6.42 Å². The number of hydrogen-bond acceptors (Lipinski definition) is 5. The summed E-state index contributed by atoms with van der Waals surface area (Å²) in [6.07, 6.45) is 1.99. The summed E-state index contributed by atoms with van der Waals surface area (Å²) in [5.41, 5.74) is 4.51. The maximum atomic E-state index is 12.7. The standard InChI is InChI=1S/C25H30N2O5S/c1-3-16(14-23(28)29)26-24(30)22(12-13-33-2)27-25(31)32-15-21-19-10-6-4-8-17(19)18-9-5-7-11-20(18)21/h4-11,16,21-22H,3,12-15H2,1-2H3,(H,26,30)(H,27,31)(H,28,29)/t16-,22?/m1/s1. The van der Waals surface area contributed by atoms with Gasteiger partial charge in [-0.25, -0.2) is 4.79 Å². The number of fused-ring (bicyclic) bond motifs is 3. The normalized spacial score (nSPS) is 14.0. The second-order valence-electron chi connectivity index (χ2n) is 8.02. The lowest BCUT2D eigenvalue weighted by molar-refractivity contribution is -0.137. The Kier molecular flexibility index (Phi) is 8.77. The number of carbonyl (C=O) groups excluding carboxylic acids is 2.